The van der Waals surface area contributed by atoms with E-state index >= 15 is 0 Å². The van der Waals surface area contributed by atoms with E-state index in [1.165, 1.54) is 11.8 Å². The van der Waals surface area contributed by atoms with Crippen LogP contribution < -0.4 is 5.56 Å². The Balaban J connectivity index is 1.51. The molecule has 4 aromatic heterocycles. The number of fused-ring (bicyclic) bond motifs is 4. The van der Waals surface area contributed by atoms with Crippen molar-refractivity contribution < 1.29 is 0 Å². The van der Waals surface area contributed by atoms with E-state index in [2.05, 4.69) is 15.2 Å². The van der Waals surface area contributed by atoms with E-state index in [0.29, 0.717) is 27.1 Å². The zero-order valence-corrected chi connectivity index (χ0v) is 20.0. The summed E-state index contributed by atoms with van der Waals surface area (Å²) in [4.78, 5) is 18.2. The molecule has 0 aliphatic carbocycles. The van der Waals surface area contributed by atoms with Gasteiger partial charge >= 0.3 is 0 Å². The summed E-state index contributed by atoms with van der Waals surface area (Å²) in [6.07, 6.45) is 3.79. The zero-order valence-electron chi connectivity index (χ0n) is 18.4. The van der Waals surface area contributed by atoms with Crippen LogP contribution in [0.4, 0.5) is 0 Å². The Labute approximate surface area is 203 Å². The Morgan fingerprint density at radius 3 is 2.74 bits per heavy atom. The maximum atomic E-state index is 13.6. The maximum absolute atomic E-state index is 13.6. The number of pyridine rings is 1. The average Bonchev–Trinajstić information content (AvgIpc) is 3.43. The number of nitrogens with zero attached hydrogens (tertiary/aromatic N) is 6. The predicted molar refractivity (Wildman–Crippen MR) is 135 cm³/mol. The van der Waals surface area contributed by atoms with Gasteiger partial charge in [0.1, 0.15) is 5.65 Å². The molecule has 0 saturated heterocycles. The molecular weight excluding hydrogens is 468 g/mol. The van der Waals surface area contributed by atoms with Crippen molar-refractivity contribution in [2.45, 2.75) is 24.8 Å². The SMILES string of the molecule is Cc1ccc(C)c(-n2c(=O)c3ccccc3n3c(SCc4cn5cc(Cl)ccc5n4)nnc23)c1. The van der Waals surface area contributed by atoms with Crippen LogP contribution in [0.1, 0.15) is 16.8 Å². The van der Waals surface area contributed by atoms with Crippen molar-refractivity contribution in [2.24, 2.45) is 0 Å². The second kappa shape index (κ2) is 8.00. The first kappa shape index (κ1) is 20.9. The van der Waals surface area contributed by atoms with Crippen molar-refractivity contribution in [2.75, 3.05) is 0 Å². The lowest BCUT2D eigenvalue weighted by molar-refractivity contribution is 0.927. The summed E-state index contributed by atoms with van der Waals surface area (Å²) in [6.45, 7) is 4.01. The minimum absolute atomic E-state index is 0.113. The van der Waals surface area contributed by atoms with E-state index in [1.54, 1.807) is 4.57 Å². The van der Waals surface area contributed by atoms with Crippen molar-refractivity contribution in [1.29, 1.82) is 0 Å². The van der Waals surface area contributed by atoms with Gasteiger partial charge in [0, 0.05) is 18.1 Å². The largest absolute Gasteiger partial charge is 0.305 e. The van der Waals surface area contributed by atoms with Crippen LogP contribution in [-0.4, -0.2) is 28.5 Å². The van der Waals surface area contributed by atoms with Gasteiger partial charge in [0.05, 0.1) is 27.3 Å². The fourth-order valence-corrected chi connectivity index (χ4v) is 5.17. The summed E-state index contributed by atoms with van der Waals surface area (Å²) in [5, 5.41) is 10.9. The summed E-state index contributed by atoms with van der Waals surface area (Å²) < 4.78 is 5.53. The van der Waals surface area contributed by atoms with Crippen LogP contribution in [0.2, 0.25) is 5.02 Å². The molecule has 0 N–H and O–H groups in total. The fourth-order valence-electron chi connectivity index (χ4n) is 4.17. The molecule has 0 bridgehead atoms. The molecule has 2 aromatic carbocycles. The molecule has 0 amide bonds. The van der Waals surface area contributed by atoms with E-state index in [-0.39, 0.29) is 5.56 Å². The number of imidazole rings is 1. The molecule has 0 fully saturated rings. The average molecular weight is 487 g/mol. The monoisotopic (exact) mass is 486 g/mol. The topological polar surface area (TPSA) is 69.5 Å². The molecule has 9 heteroatoms. The van der Waals surface area contributed by atoms with Crippen LogP contribution in [0, 0.1) is 13.8 Å². The van der Waals surface area contributed by atoms with Gasteiger partial charge in [-0.25, -0.2) is 9.55 Å². The van der Waals surface area contributed by atoms with Gasteiger partial charge in [0.25, 0.3) is 5.56 Å². The molecule has 4 heterocycles. The van der Waals surface area contributed by atoms with E-state index in [9.17, 15) is 4.79 Å². The Hall–Kier alpha value is -3.62. The molecule has 0 aliphatic heterocycles. The molecule has 6 rings (SSSR count). The molecule has 6 aromatic rings. The molecule has 0 saturated carbocycles. The second-order valence-electron chi connectivity index (χ2n) is 8.20. The molecule has 0 unspecified atom stereocenters. The normalized spacial score (nSPS) is 11.7. The van der Waals surface area contributed by atoms with Gasteiger partial charge in [0.2, 0.25) is 5.78 Å². The predicted octanol–water partition coefficient (Wildman–Crippen LogP) is 5.24. The number of halogens is 1. The molecule has 0 radical (unpaired) electrons. The summed E-state index contributed by atoms with van der Waals surface area (Å²) in [7, 11) is 0. The highest BCUT2D eigenvalue weighted by atomic mass is 35.5. The summed E-state index contributed by atoms with van der Waals surface area (Å²) in [5.74, 6) is 1.08. The zero-order chi connectivity index (χ0) is 23.4. The summed E-state index contributed by atoms with van der Waals surface area (Å²) in [5.41, 5.74) is 5.26. The lowest BCUT2D eigenvalue weighted by Crippen LogP contribution is -2.22. The third kappa shape index (κ3) is 3.38. The van der Waals surface area contributed by atoms with E-state index in [1.807, 2.05) is 89.6 Å². The van der Waals surface area contributed by atoms with Crippen LogP contribution >= 0.6 is 23.4 Å². The van der Waals surface area contributed by atoms with Gasteiger partial charge in [-0.15, -0.1) is 10.2 Å². The number of hydrogen-bond acceptors (Lipinski definition) is 5. The quantitative estimate of drug-likeness (QED) is 0.318. The van der Waals surface area contributed by atoms with E-state index in [0.717, 1.165) is 33.7 Å². The summed E-state index contributed by atoms with van der Waals surface area (Å²) >= 11 is 7.63. The number of aromatic nitrogens is 6. The number of aryl methyl sites for hydroxylation is 2. The Bertz CT molecular complexity index is 1780. The molecule has 0 atom stereocenters. The molecule has 7 nitrogen and oxygen atoms in total. The van der Waals surface area contributed by atoms with Gasteiger partial charge in [-0.05, 0) is 55.3 Å². The number of thioether (sulfide) groups is 1. The Kier molecular flexibility index (Phi) is 4.93. The molecule has 0 aliphatic rings. The van der Waals surface area contributed by atoms with Gasteiger partial charge in [0.15, 0.2) is 5.16 Å². The number of para-hydroxylation sites is 1. The van der Waals surface area contributed by atoms with Gasteiger partial charge in [-0.3, -0.25) is 9.20 Å². The van der Waals surface area contributed by atoms with Gasteiger partial charge < -0.3 is 4.40 Å². The minimum atomic E-state index is -0.113. The maximum Gasteiger partial charge on any atom is 0.267 e. The van der Waals surface area contributed by atoms with Crippen molar-refractivity contribution in [3.63, 3.8) is 0 Å². The number of benzene rings is 2. The van der Waals surface area contributed by atoms with Crippen molar-refractivity contribution in [3.05, 3.63) is 99.2 Å². The molecule has 0 spiro atoms. The lowest BCUT2D eigenvalue weighted by atomic mass is 10.1. The van der Waals surface area contributed by atoms with E-state index in [4.69, 9.17) is 11.6 Å². The third-order valence-corrected chi connectivity index (χ3v) is 7.00. The van der Waals surface area contributed by atoms with Crippen molar-refractivity contribution in [1.82, 2.24) is 28.5 Å². The lowest BCUT2D eigenvalue weighted by Gasteiger charge is -2.13. The first-order valence-electron chi connectivity index (χ1n) is 10.7. The standard InChI is InChI=1S/C25H19ClN6OS/c1-15-7-8-16(2)21(11-15)31-23(33)19-5-3-4-6-20(19)32-24(31)28-29-25(32)34-14-18-13-30-12-17(26)9-10-22(30)27-18/h3-13H,14H2,1-2H3. The second-order valence-corrected chi connectivity index (χ2v) is 9.58. The fraction of sp³-hybridized carbons (Fsp3) is 0.120. The van der Waals surface area contributed by atoms with E-state index < -0.39 is 0 Å². The molecule has 168 valence electrons. The van der Waals surface area contributed by atoms with Crippen LogP contribution in [0.25, 0.3) is 28.0 Å². The van der Waals surface area contributed by atoms with Crippen LogP contribution in [0.5, 0.6) is 0 Å². The smallest absolute Gasteiger partial charge is 0.267 e. The number of rotatable bonds is 4. The third-order valence-electron chi connectivity index (χ3n) is 5.81. The highest BCUT2D eigenvalue weighted by Crippen LogP contribution is 2.27. The first-order chi connectivity index (χ1) is 16.5. The molecule has 34 heavy (non-hydrogen) atoms. The summed E-state index contributed by atoms with van der Waals surface area (Å²) in [6, 6.07) is 17.3. The highest BCUT2D eigenvalue weighted by molar-refractivity contribution is 7.98. The minimum Gasteiger partial charge on any atom is -0.305 e. The number of hydrogen-bond donors (Lipinski definition) is 0. The van der Waals surface area contributed by atoms with Crippen LogP contribution in [-0.2, 0) is 5.75 Å². The van der Waals surface area contributed by atoms with Gasteiger partial charge in [-0.2, -0.15) is 0 Å². The first-order valence-corrected chi connectivity index (χ1v) is 12.1. The van der Waals surface area contributed by atoms with Gasteiger partial charge in [-0.1, -0.05) is 47.6 Å². The van der Waals surface area contributed by atoms with Crippen molar-refractivity contribution in [3.8, 4) is 5.69 Å². The molecular formula is C25H19ClN6OS. The Morgan fingerprint density at radius 1 is 1.00 bits per heavy atom. The van der Waals surface area contributed by atoms with Crippen LogP contribution in [0.15, 0.2) is 76.9 Å². The van der Waals surface area contributed by atoms with Crippen molar-refractivity contribution >= 4 is 45.7 Å². The Morgan fingerprint density at radius 2 is 1.85 bits per heavy atom. The highest BCUT2D eigenvalue weighted by Gasteiger charge is 2.19. The van der Waals surface area contributed by atoms with Crippen LogP contribution in [0.3, 0.4) is 0 Å².